The Balaban J connectivity index is 2.66. The van der Waals surface area contributed by atoms with Gasteiger partial charge < -0.3 is 10.2 Å². The van der Waals surface area contributed by atoms with E-state index in [1.807, 2.05) is 14.0 Å². The minimum atomic E-state index is 0.651. The van der Waals surface area contributed by atoms with E-state index in [2.05, 4.69) is 56.8 Å². The Morgan fingerprint density at radius 2 is 2.17 bits per heavy atom. The van der Waals surface area contributed by atoms with Crippen molar-refractivity contribution in [1.29, 1.82) is 0 Å². The molecule has 0 fully saturated rings. The van der Waals surface area contributed by atoms with Crippen LogP contribution >= 0.6 is 15.9 Å². The number of nitrogens with one attached hydrogen (secondary N) is 1. The van der Waals surface area contributed by atoms with Crippen molar-refractivity contribution in [2.45, 2.75) is 33.9 Å². The first kappa shape index (κ1) is 15.7. The summed E-state index contributed by atoms with van der Waals surface area (Å²) in [6, 6.07) is 0. The number of aryl methyl sites for hydroxylation is 2. The quantitative estimate of drug-likeness (QED) is 0.837. The van der Waals surface area contributed by atoms with Gasteiger partial charge in [-0.25, -0.2) is 0 Å². The molecule has 1 rings (SSSR count). The van der Waals surface area contributed by atoms with Gasteiger partial charge in [0.05, 0.1) is 15.9 Å². The van der Waals surface area contributed by atoms with Crippen LogP contribution < -0.4 is 5.32 Å². The van der Waals surface area contributed by atoms with Crippen molar-refractivity contribution < 1.29 is 0 Å². The molecule has 1 aromatic heterocycles. The van der Waals surface area contributed by atoms with Crippen molar-refractivity contribution in [2.24, 2.45) is 5.92 Å². The van der Waals surface area contributed by atoms with E-state index in [4.69, 9.17) is 0 Å². The first-order chi connectivity index (χ1) is 8.49. The third-order valence-electron chi connectivity index (χ3n) is 3.05. The molecular formula is C13H25BrN4. The highest BCUT2D eigenvalue weighted by molar-refractivity contribution is 9.10. The fourth-order valence-corrected chi connectivity index (χ4v) is 2.69. The highest BCUT2D eigenvalue weighted by Gasteiger charge is 2.14. The average molecular weight is 317 g/mol. The number of hydrogen-bond donors (Lipinski definition) is 1. The van der Waals surface area contributed by atoms with Gasteiger partial charge >= 0.3 is 0 Å². The minimum Gasteiger partial charge on any atom is -0.319 e. The Kier molecular flexibility index (Phi) is 6.32. The second-order valence-electron chi connectivity index (χ2n) is 5.02. The predicted octanol–water partition coefficient (Wildman–Crippen LogP) is 2.26. The summed E-state index contributed by atoms with van der Waals surface area (Å²) in [6.45, 7) is 10.4. The van der Waals surface area contributed by atoms with Gasteiger partial charge in [-0.15, -0.1) is 0 Å². The fourth-order valence-electron chi connectivity index (χ4n) is 2.29. The highest BCUT2D eigenvalue weighted by Crippen LogP contribution is 2.22. The van der Waals surface area contributed by atoms with Crippen molar-refractivity contribution in [3.8, 4) is 0 Å². The van der Waals surface area contributed by atoms with Crippen molar-refractivity contribution in [2.75, 3.05) is 27.2 Å². The van der Waals surface area contributed by atoms with Crippen molar-refractivity contribution in [3.63, 3.8) is 0 Å². The molecule has 0 saturated heterocycles. The summed E-state index contributed by atoms with van der Waals surface area (Å²) in [5.41, 5.74) is 2.35. The Labute approximate surface area is 119 Å². The van der Waals surface area contributed by atoms with Crippen LogP contribution in [0.25, 0.3) is 0 Å². The van der Waals surface area contributed by atoms with E-state index in [1.165, 1.54) is 5.69 Å². The number of halogens is 1. The number of hydrogen-bond acceptors (Lipinski definition) is 3. The maximum atomic E-state index is 4.53. The van der Waals surface area contributed by atoms with Gasteiger partial charge in [0, 0.05) is 19.6 Å². The van der Waals surface area contributed by atoms with E-state index in [0.29, 0.717) is 5.92 Å². The van der Waals surface area contributed by atoms with Crippen LogP contribution in [0, 0.1) is 12.8 Å². The summed E-state index contributed by atoms with van der Waals surface area (Å²) in [4.78, 5) is 2.36. The maximum Gasteiger partial charge on any atom is 0.0739 e. The molecule has 0 amide bonds. The summed E-state index contributed by atoms with van der Waals surface area (Å²) in [5, 5.41) is 7.75. The molecule has 0 saturated carbocycles. The molecule has 0 aliphatic carbocycles. The van der Waals surface area contributed by atoms with E-state index in [0.717, 1.165) is 36.3 Å². The van der Waals surface area contributed by atoms with Crippen LogP contribution in [-0.4, -0.2) is 41.9 Å². The van der Waals surface area contributed by atoms with Crippen LogP contribution in [0.15, 0.2) is 4.47 Å². The molecule has 1 aromatic rings. The Bertz CT molecular complexity index is 375. The molecule has 0 spiro atoms. The third kappa shape index (κ3) is 4.07. The first-order valence-corrected chi connectivity index (χ1v) is 7.33. The second kappa shape index (κ2) is 7.26. The maximum absolute atomic E-state index is 4.53. The SMILES string of the molecule is CCn1nc(C)c(Br)c1CN(C)CC(C)CNC. The largest absolute Gasteiger partial charge is 0.319 e. The van der Waals surface area contributed by atoms with Gasteiger partial charge in [-0.05, 0) is 56.3 Å². The smallest absolute Gasteiger partial charge is 0.0739 e. The lowest BCUT2D eigenvalue weighted by atomic mass is 10.1. The highest BCUT2D eigenvalue weighted by atomic mass is 79.9. The van der Waals surface area contributed by atoms with Gasteiger partial charge in [-0.1, -0.05) is 6.92 Å². The summed E-state index contributed by atoms with van der Waals surface area (Å²) in [7, 11) is 4.17. The zero-order chi connectivity index (χ0) is 13.7. The van der Waals surface area contributed by atoms with Gasteiger partial charge in [-0.2, -0.15) is 5.10 Å². The van der Waals surface area contributed by atoms with Gasteiger partial charge in [0.25, 0.3) is 0 Å². The molecule has 1 N–H and O–H groups in total. The molecule has 0 aliphatic heterocycles. The van der Waals surface area contributed by atoms with E-state index in [-0.39, 0.29) is 0 Å². The predicted molar refractivity (Wildman–Crippen MR) is 79.8 cm³/mol. The number of rotatable bonds is 7. The average Bonchev–Trinajstić information content (AvgIpc) is 2.57. The van der Waals surface area contributed by atoms with Crippen LogP contribution in [0.5, 0.6) is 0 Å². The van der Waals surface area contributed by atoms with Crippen LogP contribution in [0.2, 0.25) is 0 Å². The van der Waals surface area contributed by atoms with Crippen LogP contribution in [-0.2, 0) is 13.1 Å². The zero-order valence-electron chi connectivity index (χ0n) is 12.1. The topological polar surface area (TPSA) is 33.1 Å². The zero-order valence-corrected chi connectivity index (χ0v) is 13.7. The van der Waals surface area contributed by atoms with Crippen molar-refractivity contribution in [3.05, 3.63) is 15.9 Å². The van der Waals surface area contributed by atoms with Crippen molar-refractivity contribution in [1.82, 2.24) is 20.0 Å². The van der Waals surface area contributed by atoms with E-state index in [1.54, 1.807) is 0 Å². The summed E-state index contributed by atoms with van der Waals surface area (Å²) in [6.07, 6.45) is 0. The molecule has 1 atom stereocenters. The Morgan fingerprint density at radius 3 is 2.72 bits per heavy atom. The first-order valence-electron chi connectivity index (χ1n) is 6.54. The monoisotopic (exact) mass is 316 g/mol. The fraction of sp³-hybridized carbons (Fsp3) is 0.769. The summed E-state index contributed by atoms with van der Waals surface area (Å²) in [5.74, 6) is 0.651. The van der Waals surface area contributed by atoms with Crippen LogP contribution in [0.3, 0.4) is 0 Å². The molecule has 0 aliphatic rings. The van der Waals surface area contributed by atoms with Gasteiger partial charge in [0.15, 0.2) is 0 Å². The molecule has 5 heteroatoms. The number of nitrogens with zero attached hydrogens (tertiary/aromatic N) is 3. The third-order valence-corrected chi connectivity index (χ3v) is 4.08. The lowest BCUT2D eigenvalue weighted by Crippen LogP contribution is -2.30. The molecule has 0 bridgehead atoms. The van der Waals surface area contributed by atoms with Crippen LogP contribution in [0.4, 0.5) is 0 Å². The Hall–Kier alpha value is -0.390. The molecule has 18 heavy (non-hydrogen) atoms. The summed E-state index contributed by atoms with van der Waals surface area (Å²) >= 11 is 3.64. The molecule has 1 unspecified atom stereocenters. The van der Waals surface area contributed by atoms with Gasteiger partial charge in [-0.3, -0.25) is 4.68 Å². The second-order valence-corrected chi connectivity index (χ2v) is 5.81. The standard InChI is InChI=1S/C13H25BrN4/c1-6-18-12(13(14)11(3)16-18)9-17(5)8-10(2)7-15-4/h10,15H,6-9H2,1-5H3. The van der Waals surface area contributed by atoms with Crippen LogP contribution in [0.1, 0.15) is 25.2 Å². The molecular weight excluding hydrogens is 292 g/mol. The lowest BCUT2D eigenvalue weighted by molar-refractivity contribution is 0.268. The van der Waals surface area contributed by atoms with Crippen molar-refractivity contribution >= 4 is 15.9 Å². The van der Waals surface area contributed by atoms with E-state index < -0.39 is 0 Å². The molecule has 4 nitrogen and oxygen atoms in total. The normalized spacial score (nSPS) is 13.3. The lowest BCUT2D eigenvalue weighted by Gasteiger charge is -2.21. The van der Waals surface area contributed by atoms with E-state index >= 15 is 0 Å². The van der Waals surface area contributed by atoms with E-state index in [9.17, 15) is 0 Å². The molecule has 0 aromatic carbocycles. The molecule has 0 radical (unpaired) electrons. The van der Waals surface area contributed by atoms with Gasteiger partial charge in [0.1, 0.15) is 0 Å². The summed E-state index contributed by atoms with van der Waals surface area (Å²) < 4.78 is 3.23. The molecule has 1 heterocycles. The minimum absolute atomic E-state index is 0.651. The van der Waals surface area contributed by atoms with Gasteiger partial charge in [0.2, 0.25) is 0 Å². The number of aromatic nitrogens is 2. The Morgan fingerprint density at radius 1 is 1.50 bits per heavy atom. The molecule has 104 valence electrons.